The first-order valence-electron chi connectivity index (χ1n) is 18.2. The number of para-hydroxylation sites is 1. The molecular weight excluding hydrogens is 618 g/mol. The van der Waals surface area contributed by atoms with Crippen LogP contribution < -0.4 is 21.3 Å². The van der Waals surface area contributed by atoms with Crippen LogP contribution in [0.1, 0.15) is 63.9 Å². The van der Waals surface area contributed by atoms with Crippen LogP contribution in [0.15, 0.2) is 47.7 Å². The van der Waals surface area contributed by atoms with Crippen molar-refractivity contribution in [3.63, 3.8) is 0 Å². The number of ether oxygens (including phenoxy) is 1. The number of hydrogen-bond donors (Lipinski definition) is 3. The number of benzene rings is 1. The van der Waals surface area contributed by atoms with E-state index in [-0.39, 0.29) is 29.2 Å². The molecule has 4 heterocycles. The van der Waals surface area contributed by atoms with Gasteiger partial charge in [-0.1, -0.05) is 12.1 Å². The van der Waals surface area contributed by atoms with Crippen LogP contribution in [-0.4, -0.2) is 112 Å². The van der Waals surface area contributed by atoms with Crippen molar-refractivity contribution in [3.8, 4) is 5.75 Å². The van der Waals surface area contributed by atoms with E-state index in [1.807, 2.05) is 31.5 Å². The number of carbonyl (C=O) groups is 1. The summed E-state index contributed by atoms with van der Waals surface area (Å²) in [6, 6.07) is 7.84. The summed E-state index contributed by atoms with van der Waals surface area (Å²) in [6.07, 6.45) is 15.3. The fourth-order valence-electron chi connectivity index (χ4n) is 9.35. The zero-order valence-corrected chi connectivity index (χ0v) is 28.6. The quantitative estimate of drug-likeness (QED) is 0.297. The molecule has 1 aromatic heterocycles. The van der Waals surface area contributed by atoms with Gasteiger partial charge >= 0.3 is 5.97 Å². The summed E-state index contributed by atoms with van der Waals surface area (Å²) >= 11 is 0. The summed E-state index contributed by atoms with van der Waals surface area (Å²) in [6.45, 7) is 8.33. The second-order valence-corrected chi connectivity index (χ2v) is 15.2. The number of piperazine rings is 2. The molecule has 0 bridgehead atoms. The fraction of sp³-hybridized carbons (Fsp3) is 0.595. The predicted molar refractivity (Wildman–Crippen MR) is 190 cm³/mol. The highest BCUT2D eigenvalue weighted by molar-refractivity contribution is 6.44. The number of aromatic hydroxyl groups is 1. The number of phenolic OH excluding ortho intramolecular Hbond substituents is 1. The van der Waals surface area contributed by atoms with E-state index in [4.69, 9.17) is 26.2 Å². The van der Waals surface area contributed by atoms with Crippen LogP contribution in [0.3, 0.4) is 0 Å². The number of amidine groups is 1. The zero-order chi connectivity index (χ0) is 33.8. The average Bonchev–Trinajstić information content (AvgIpc) is 3.87. The van der Waals surface area contributed by atoms with Gasteiger partial charge in [-0.3, -0.25) is 14.7 Å². The standard InChI is InChI=1S/C37H49N9O3/c1-2-49-34(48)25-7-9-36(10-8-25)18-26(19-36)46-16-14-44(24-37(46)11-12-37)27-20-41-35(42-21-27)43-13-15-45-28(23-43)22-40-33(39)31(45)17-30(38)29-5-3-4-6-32(29)47/h3-6,17,20-21,25-26,28H,2,7-16,18-19,22-24H2,1H3,(H4,38,39,40,47)/p+1/t25?,26?,28-,36?/m0/s1. The van der Waals surface area contributed by atoms with Gasteiger partial charge in [-0.15, -0.1) is 0 Å². The molecule has 2 spiro atoms. The van der Waals surface area contributed by atoms with Crippen LogP contribution >= 0.6 is 0 Å². The lowest BCUT2D eigenvalue weighted by atomic mass is 9.56. The second kappa shape index (κ2) is 12.6. The minimum absolute atomic E-state index is 0.0135. The van der Waals surface area contributed by atoms with E-state index in [0.29, 0.717) is 41.7 Å². The summed E-state index contributed by atoms with van der Waals surface area (Å²) in [7, 11) is 0. The average molecular weight is 669 g/mol. The molecule has 49 heavy (non-hydrogen) atoms. The van der Waals surface area contributed by atoms with Crippen molar-refractivity contribution in [2.24, 2.45) is 27.8 Å². The molecule has 0 amide bonds. The summed E-state index contributed by atoms with van der Waals surface area (Å²) in [5, 5.41) is 10.3. The Kier molecular flexibility index (Phi) is 8.24. The maximum Gasteiger partial charge on any atom is 0.308 e. The molecule has 1 aromatic carbocycles. The Morgan fingerprint density at radius 3 is 2.55 bits per heavy atom. The van der Waals surface area contributed by atoms with Crippen LogP contribution in [0.4, 0.5) is 11.6 Å². The molecule has 1 atom stereocenters. The van der Waals surface area contributed by atoms with Crippen LogP contribution in [0.25, 0.3) is 5.70 Å². The van der Waals surface area contributed by atoms with E-state index in [9.17, 15) is 9.90 Å². The van der Waals surface area contributed by atoms with E-state index in [1.165, 1.54) is 38.5 Å². The molecule has 3 aliphatic heterocycles. The molecule has 5 fully saturated rings. The van der Waals surface area contributed by atoms with Crippen LogP contribution in [0.5, 0.6) is 5.75 Å². The summed E-state index contributed by atoms with van der Waals surface area (Å²) in [5.41, 5.74) is 16.4. The number of fused-ring (bicyclic) bond motifs is 1. The van der Waals surface area contributed by atoms with E-state index < -0.39 is 0 Å². The highest BCUT2D eigenvalue weighted by atomic mass is 16.5. The molecule has 5 N–H and O–H groups in total. The lowest BCUT2D eigenvalue weighted by Gasteiger charge is -2.58. The number of aliphatic imine (C=N–C) groups is 1. The van der Waals surface area contributed by atoms with Crippen molar-refractivity contribution in [2.75, 3.05) is 62.2 Å². The van der Waals surface area contributed by atoms with Gasteiger partial charge in [-0.25, -0.2) is 14.5 Å². The number of nitrogens with zero attached hydrogens (tertiary/aromatic N) is 7. The number of rotatable bonds is 7. The molecule has 12 nitrogen and oxygen atoms in total. The third kappa shape index (κ3) is 6.02. The third-order valence-electron chi connectivity index (χ3n) is 12.3. The highest BCUT2D eigenvalue weighted by Gasteiger charge is 2.58. The van der Waals surface area contributed by atoms with Gasteiger partial charge in [0.2, 0.25) is 11.7 Å². The van der Waals surface area contributed by atoms with Gasteiger partial charge in [0.1, 0.15) is 12.3 Å². The summed E-state index contributed by atoms with van der Waals surface area (Å²) in [5.74, 6) is 1.47. The normalized spacial score (nSPS) is 29.8. The van der Waals surface area contributed by atoms with Gasteiger partial charge in [0.05, 0.1) is 43.7 Å². The first-order chi connectivity index (χ1) is 23.8. The van der Waals surface area contributed by atoms with Crippen molar-refractivity contribution in [1.29, 1.82) is 0 Å². The number of phenols is 1. The molecule has 3 aliphatic carbocycles. The molecule has 3 saturated carbocycles. The number of hydrogen-bond acceptors (Lipinski definition) is 11. The minimum Gasteiger partial charge on any atom is -0.507 e. The molecule has 6 aliphatic rings. The van der Waals surface area contributed by atoms with Crippen molar-refractivity contribution in [3.05, 3.63) is 48.3 Å². The maximum absolute atomic E-state index is 12.2. The molecule has 0 radical (unpaired) electrons. The van der Waals surface area contributed by atoms with Crippen molar-refractivity contribution in [2.45, 2.75) is 75.9 Å². The van der Waals surface area contributed by atoms with Crippen LogP contribution in [0.2, 0.25) is 0 Å². The lowest BCUT2D eigenvalue weighted by Crippen LogP contribution is -2.63. The molecule has 2 aromatic rings. The second-order valence-electron chi connectivity index (χ2n) is 15.2. The first kappa shape index (κ1) is 32.0. The number of carbonyl (C=O) groups excluding carboxylic acids is 1. The van der Waals surface area contributed by atoms with E-state index >= 15 is 0 Å². The van der Waals surface area contributed by atoms with Crippen LogP contribution in [-0.2, 0) is 9.53 Å². The minimum atomic E-state index is 0.0135. The highest BCUT2D eigenvalue weighted by Crippen LogP contribution is 2.58. The molecular formula is C37H50N9O3+. The summed E-state index contributed by atoms with van der Waals surface area (Å²) in [4.78, 5) is 34.2. The topological polar surface area (TPSA) is 149 Å². The SMILES string of the molecule is CCOC(=O)C1CCC2(CC1)CC(N1CCN(c3cnc(N4CC[N+]5=C(/C=C(\N)c6ccccc6O)C(N)=NC[C@H]5C4)nc3)CC13CC3)C2. The molecule has 260 valence electrons. The van der Waals surface area contributed by atoms with Gasteiger partial charge in [0.15, 0.2) is 18.4 Å². The van der Waals surface area contributed by atoms with E-state index in [1.54, 1.807) is 18.2 Å². The van der Waals surface area contributed by atoms with Gasteiger partial charge in [-0.05, 0) is 75.8 Å². The largest absolute Gasteiger partial charge is 0.507 e. The molecule has 2 saturated heterocycles. The van der Waals surface area contributed by atoms with Crippen molar-refractivity contribution < 1.29 is 19.2 Å². The fourth-order valence-corrected chi connectivity index (χ4v) is 9.35. The summed E-state index contributed by atoms with van der Waals surface area (Å²) < 4.78 is 7.57. The molecule has 12 heteroatoms. The monoisotopic (exact) mass is 668 g/mol. The Hall–Kier alpha value is -4.19. The van der Waals surface area contributed by atoms with Gasteiger partial charge in [-0.2, -0.15) is 0 Å². The number of aromatic nitrogens is 2. The smallest absolute Gasteiger partial charge is 0.308 e. The Balaban J connectivity index is 0.873. The Morgan fingerprint density at radius 1 is 1.08 bits per heavy atom. The van der Waals surface area contributed by atoms with E-state index in [2.05, 4.69) is 24.3 Å². The predicted octanol–water partition coefficient (Wildman–Crippen LogP) is 2.75. The number of anilines is 2. The number of esters is 1. The zero-order valence-electron chi connectivity index (χ0n) is 28.6. The van der Waals surface area contributed by atoms with Crippen molar-refractivity contribution in [1.82, 2.24) is 14.9 Å². The first-order valence-corrected chi connectivity index (χ1v) is 18.2. The van der Waals surface area contributed by atoms with Gasteiger partial charge in [0.25, 0.3) is 0 Å². The van der Waals surface area contributed by atoms with E-state index in [0.717, 1.165) is 69.5 Å². The van der Waals surface area contributed by atoms with Crippen molar-refractivity contribution >= 4 is 34.8 Å². The molecule has 0 unspecified atom stereocenters. The van der Waals surface area contributed by atoms with Gasteiger partial charge in [0, 0.05) is 48.6 Å². The number of nitrogens with two attached hydrogens (primary N) is 2. The lowest BCUT2D eigenvalue weighted by molar-refractivity contribution is -0.564. The third-order valence-corrected chi connectivity index (χ3v) is 12.3. The maximum atomic E-state index is 12.2. The Morgan fingerprint density at radius 2 is 1.84 bits per heavy atom. The Labute approximate surface area is 288 Å². The van der Waals surface area contributed by atoms with Crippen LogP contribution in [0, 0.1) is 11.3 Å². The molecule has 8 rings (SSSR count). The van der Waals surface area contributed by atoms with Gasteiger partial charge < -0.3 is 31.1 Å². The Bertz CT molecular complexity index is 1670.